The molecule has 7 heteroatoms. The summed E-state index contributed by atoms with van der Waals surface area (Å²) < 4.78 is 0. The summed E-state index contributed by atoms with van der Waals surface area (Å²) in [6.07, 6.45) is 5.03. The minimum Gasteiger partial charge on any atom is -0.342 e. The van der Waals surface area contributed by atoms with Gasteiger partial charge >= 0.3 is 0 Å². The lowest BCUT2D eigenvalue weighted by molar-refractivity contribution is -0.115. The molecule has 0 aliphatic heterocycles. The number of nitrogens with one attached hydrogen (secondary N) is 2. The zero-order chi connectivity index (χ0) is 20.8. The average molecular weight is 414 g/mol. The molecule has 4 aromatic rings. The number of carbonyl (C=O) groups is 2. The average Bonchev–Trinajstić information content (AvgIpc) is 2.79. The van der Waals surface area contributed by atoms with Crippen LogP contribution in [0.1, 0.15) is 10.5 Å². The maximum absolute atomic E-state index is 12.6. The molecular weight excluding hydrogens is 396 g/mol. The van der Waals surface area contributed by atoms with Gasteiger partial charge in [0.25, 0.3) is 5.91 Å². The van der Waals surface area contributed by atoms with E-state index >= 15 is 0 Å². The van der Waals surface area contributed by atoms with Crippen LogP contribution in [0.15, 0.2) is 95.1 Å². The maximum atomic E-state index is 12.6. The number of para-hydroxylation sites is 1. The smallest absolute Gasteiger partial charge is 0.270 e. The van der Waals surface area contributed by atoms with E-state index in [-0.39, 0.29) is 18.4 Å². The third-order valence-corrected chi connectivity index (χ3v) is 5.42. The molecule has 2 aromatic heterocycles. The summed E-state index contributed by atoms with van der Waals surface area (Å²) in [6, 6.07) is 20.7. The van der Waals surface area contributed by atoms with Crippen LogP contribution < -0.4 is 10.6 Å². The van der Waals surface area contributed by atoms with Crippen LogP contribution in [0.4, 0.5) is 5.69 Å². The Morgan fingerprint density at radius 1 is 0.867 bits per heavy atom. The highest BCUT2D eigenvalue weighted by atomic mass is 32.2. The van der Waals surface area contributed by atoms with Gasteiger partial charge in [0, 0.05) is 33.8 Å². The number of carbonyl (C=O) groups excluding carboxylic acids is 2. The van der Waals surface area contributed by atoms with Crippen LogP contribution in [0, 0.1) is 0 Å². The van der Waals surface area contributed by atoms with Crippen molar-refractivity contribution in [2.24, 2.45) is 0 Å². The van der Waals surface area contributed by atoms with Gasteiger partial charge in [-0.25, -0.2) is 0 Å². The quantitative estimate of drug-likeness (QED) is 0.495. The molecule has 0 aliphatic rings. The third-order valence-electron chi connectivity index (χ3n) is 4.34. The molecule has 0 aliphatic carbocycles. The highest BCUT2D eigenvalue weighted by Crippen LogP contribution is 2.32. The molecule has 0 fully saturated rings. The van der Waals surface area contributed by atoms with Crippen molar-refractivity contribution in [1.82, 2.24) is 15.3 Å². The summed E-state index contributed by atoms with van der Waals surface area (Å²) in [5.74, 6) is -0.701. The number of pyridine rings is 2. The fraction of sp³-hybridized carbons (Fsp3) is 0.0435. The van der Waals surface area contributed by atoms with Gasteiger partial charge in [-0.2, -0.15) is 0 Å². The van der Waals surface area contributed by atoms with Gasteiger partial charge in [-0.15, -0.1) is 0 Å². The SMILES string of the molecule is O=C(CNC(=O)c1nccc2ccccc12)Nc1ccccc1Sc1ccncc1. The molecule has 2 aromatic carbocycles. The third kappa shape index (κ3) is 4.64. The Morgan fingerprint density at radius 2 is 1.63 bits per heavy atom. The van der Waals surface area contributed by atoms with E-state index < -0.39 is 0 Å². The number of hydrogen-bond donors (Lipinski definition) is 2. The summed E-state index contributed by atoms with van der Waals surface area (Å²) in [5, 5.41) is 7.18. The second-order valence-electron chi connectivity index (χ2n) is 6.39. The largest absolute Gasteiger partial charge is 0.342 e. The standard InChI is InChI=1S/C23H18N4O2S/c28-21(15-26-23(29)22-18-6-2-1-5-16(18)9-14-25-22)27-19-7-3-4-8-20(19)30-17-10-12-24-13-11-17/h1-14H,15H2,(H,26,29)(H,27,28). The van der Waals surface area contributed by atoms with Gasteiger partial charge in [0.1, 0.15) is 5.69 Å². The lowest BCUT2D eigenvalue weighted by Crippen LogP contribution is -2.33. The van der Waals surface area contributed by atoms with E-state index in [9.17, 15) is 9.59 Å². The summed E-state index contributed by atoms with van der Waals surface area (Å²) in [7, 11) is 0. The van der Waals surface area contributed by atoms with Crippen molar-refractivity contribution in [2.45, 2.75) is 9.79 Å². The van der Waals surface area contributed by atoms with E-state index in [0.717, 1.165) is 20.6 Å². The number of fused-ring (bicyclic) bond motifs is 1. The number of aromatic nitrogens is 2. The number of nitrogens with zero attached hydrogens (tertiary/aromatic N) is 2. The summed E-state index contributed by atoms with van der Waals surface area (Å²) in [5.41, 5.74) is 0.983. The van der Waals surface area contributed by atoms with E-state index in [0.29, 0.717) is 11.4 Å². The molecule has 2 amide bonds. The van der Waals surface area contributed by atoms with Gasteiger partial charge < -0.3 is 10.6 Å². The first-order chi connectivity index (χ1) is 14.7. The molecule has 0 spiro atoms. The summed E-state index contributed by atoms with van der Waals surface area (Å²) in [6.45, 7) is -0.155. The molecule has 0 radical (unpaired) electrons. The minimum atomic E-state index is -0.388. The van der Waals surface area contributed by atoms with Crippen LogP contribution in [-0.2, 0) is 4.79 Å². The fourth-order valence-corrected chi connectivity index (χ4v) is 3.82. The van der Waals surface area contributed by atoms with Crippen molar-refractivity contribution in [1.29, 1.82) is 0 Å². The van der Waals surface area contributed by atoms with Crippen molar-refractivity contribution in [2.75, 3.05) is 11.9 Å². The van der Waals surface area contributed by atoms with Crippen LogP contribution in [0.2, 0.25) is 0 Å². The monoisotopic (exact) mass is 414 g/mol. The number of rotatable bonds is 6. The summed E-state index contributed by atoms with van der Waals surface area (Å²) in [4.78, 5) is 35.1. The molecule has 6 nitrogen and oxygen atoms in total. The Kier molecular flexibility index (Phi) is 6.01. The number of benzene rings is 2. The van der Waals surface area contributed by atoms with Crippen molar-refractivity contribution in [3.05, 3.63) is 91.0 Å². The zero-order valence-corrected chi connectivity index (χ0v) is 16.7. The molecule has 148 valence electrons. The van der Waals surface area contributed by atoms with Gasteiger partial charge in [-0.1, -0.05) is 48.2 Å². The topological polar surface area (TPSA) is 84.0 Å². The normalized spacial score (nSPS) is 10.5. The number of amides is 2. The molecule has 0 saturated heterocycles. The van der Waals surface area contributed by atoms with E-state index in [1.807, 2.05) is 66.7 Å². The van der Waals surface area contributed by atoms with Crippen molar-refractivity contribution in [3.63, 3.8) is 0 Å². The van der Waals surface area contributed by atoms with E-state index in [2.05, 4.69) is 20.6 Å². The van der Waals surface area contributed by atoms with E-state index in [4.69, 9.17) is 0 Å². The molecule has 0 atom stereocenters. The molecule has 30 heavy (non-hydrogen) atoms. The Bertz CT molecular complexity index is 1190. The molecule has 0 saturated carbocycles. The van der Waals surface area contributed by atoms with Gasteiger partial charge in [-0.05, 0) is 35.7 Å². The van der Waals surface area contributed by atoms with Crippen molar-refractivity contribution >= 4 is 40.0 Å². The van der Waals surface area contributed by atoms with E-state index in [1.54, 1.807) is 18.6 Å². The predicted octanol–water partition coefficient (Wildman–Crippen LogP) is 4.15. The first-order valence-corrected chi connectivity index (χ1v) is 10.1. The predicted molar refractivity (Wildman–Crippen MR) is 118 cm³/mol. The van der Waals surface area contributed by atoms with Crippen LogP contribution in [0.25, 0.3) is 10.8 Å². The van der Waals surface area contributed by atoms with Crippen LogP contribution in [0.3, 0.4) is 0 Å². The van der Waals surface area contributed by atoms with Gasteiger partial charge in [-0.3, -0.25) is 19.6 Å². The number of hydrogen-bond acceptors (Lipinski definition) is 5. The highest BCUT2D eigenvalue weighted by molar-refractivity contribution is 7.99. The minimum absolute atomic E-state index is 0.155. The van der Waals surface area contributed by atoms with Crippen LogP contribution in [-0.4, -0.2) is 28.3 Å². The summed E-state index contributed by atoms with van der Waals surface area (Å²) >= 11 is 1.53. The van der Waals surface area contributed by atoms with Gasteiger partial charge in [0.15, 0.2) is 0 Å². The Morgan fingerprint density at radius 3 is 2.50 bits per heavy atom. The second-order valence-corrected chi connectivity index (χ2v) is 7.51. The fourth-order valence-electron chi connectivity index (χ4n) is 2.93. The molecule has 2 N–H and O–H groups in total. The maximum Gasteiger partial charge on any atom is 0.270 e. The van der Waals surface area contributed by atoms with Crippen molar-refractivity contribution < 1.29 is 9.59 Å². The Balaban J connectivity index is 1.41. The first-order valence-electron chi connectivity index (χ1n) is 9.29. The molecule has 4 rings (SSSR count). The molecular formula is C23H18N4O2S. The zero-order valence-electron chi connectivity index (χ0n) is 15.9. The van der Waals surface area contributed by atoms with Crippen LogP contribution in [0.5, 0.6) is 0 Å². The molecule has 2 heterocycles. The highest BCUT2D eigenvalue weighted by Gasteiger charge is 2.14. The lowest BCUT2D eigenvalue weighted by atomic mass is 10.1. The first kappa shape index (κ1) is 19.6. The lowest BCUT2D eigenvalue weighted by Gasteiger charge is -2.11. The van der Waals surface area contributed by atoms with Gasteiger partial charge in [0.2, 0.25) is 5.91 Å². The second kappa shape index (κ2) is 9.19. The van der Waals surface area contributed by atoms with Crippen LogP contribution >= 0.6 is 11.8 Å². The molecule has 0 bridgehead atoms. The Labute approximate surface area is 177 Å². The number of anilines is 1. The Hall–Kier alpha value is -3.71. The van der Waals surface area contributed by atoms with Crippen molar-refractivity contribution in [3.8, 4) is 0 Å². The van der Waals surface area contributed by atoms with E-state index in [1.165, 1.54) is 11.8 Å². The van der Waals surface area contributed by atoms with Gasteiger partial charge in [0.05, 0.1) is 12.2 Å². The molecule has 0 unspecified atom stereocenters.